The molecule has 3 aliphatic rings. The first-order valence-electron chi connectivity index (χ1n) is 8.93. The van der Waals surface area contributed by atoms with Crippen LogP contribution in [0.25, 0.3) is 11.0 Å². The molecule has 3 aliphatic heterocycles. The second kappa shape index (κ2) is 6.65. The summed E-state index contributed by atoms with van der Waals surface area (Å²) in [5.74, 6) is 0.319. The van der Waals surface area contributed by atoms with Crippen LogP contribution in [0.3, 0.4) is 0 Å². The molecule has 0 saturated carbocycles. The van der Waals surface area contributed by atoms with Gasteiger partial charge >= 0.3 is 11.7 Å². The Hall–Kier alpha value is -2.12. The third-order valence-corrected chi connectivity index (χ3v) is 5.60. The molecule has 0 aliphatic carbocycles. The van der Waals surface area contributed by atoms with Gasteiger partial charge in [0.25, 0.3) is 0 Å². The summed E-state index contributed by atoms with van der Waals surface area (Å²) in [4.78, 5) is 29.7. The molecule has 1 aromatic carbocycles. The standard InChI is InChI=1S/C18H24N4O3/c1-25-17(23)13-3-2-4-14-16(13)22(18(24)20-14)10-7-19-15-11-21-8-5-12(15)6-9-21/h2-4,12,15,19H,5-11H2,1H3,(H,20,24)/t15-/m0/s1. The average Bonchev–Trinajstić information content (AvgIpc) is 2.97. The number of benzene rings is 1. The summed E-state index contributed by atoms with van der Waals surface area (Å²) >= 11 is 0. The predicted octanol–water partition coefficient (Wildman–Crippen LogP) is 0.800. The van der Waals surface area contributed by atoms with Crippen molar-refractivity contribution in [2.45, 2.75) is 25.4 Å². The molecule has 2 bridgehead atoms. The van der Waals surface area contributed by atoms with Crippen LogP contribution in [0.15, 0.2) is 23.0 Å². The molecule has 25 heavy (non-hydrogen) atoms. The lowest BCUT2D eigenvalue weighted by Gasteiger charge is -2.45. The molecule has 5 rings (SSSR count). The largest absolute Gasteiger partial charge is 0.465 e. The summed E-state index contributed by atoms with van der Waals surface area (Å²) in [6.45, 7) is 4.76. The van der Waals surface area contributed by atoms with Crippen LogP contribution < -0.4 is 11.0 Å². The summed E-state index contributed by atoms with van der Waals surface area (Å²) in [6, 6.07) is 5.75. The molecular formula is C18H24N4O3. The number of fused-ring (bicyclic) bond motifs is 4. The summed E-state index contributed by atoms with van der Waals surface area (Å²) in [7, 11) is 1.35. The van der Waals surface area contributed by atoms with Gasteiger partial charge in [0.15, 0.2) is 0 Å². The smallest absolute Gasteiger partial charge is 0.340 e. The normalized spacial score (nSPS) is 25.4. The molecule has 0 radical (unpaired) electrons. The van der Waals surface area contributed by atoms with Gasteiger partial charge in [0.2, 0.25) is 0 Å². The Labute approximate surface area is 146 Å². The third-order valence-electron chi connectivity index (χ3n) is 5.60. The van der Waals surface area contributed by atoms with Crippen molar-refractivity contribution < 1.29 is 9.53 Å². The zero-order chi connectivity index (χ0) is 17.4. The molecule has 2 N–H and O–H groups in total. The molecule has 0 amide bonds. The fourth-order valence-corrected chi connectivity index (χ4v) is 4.27. The van der Waals surface area contributed by atoms with Crippen molar-refractivity contribution in [3.05, 3.63) is 34.2 Å². The number of hydrogen-bond donors (Lipinski definition) is 2. The first-order valence-corrected chi connectivity index (χ1v) is 8.93. The lowest BCUT2D eigenvalue weighted by Crippen LogP contribution is -2.56. The molecule has 134 valence electrons. The van der Waals surface area contributed by atoms with E-state index >= 15 is 0 Å². The number of aromatic nitrogens is 2. The average molecular weight is 344 g/mol. The maximum atomic E-state index is 12.3. The van der Waals surface area contributed by atoms with E-state index in [2.05, 4.69) is 15.2 Å². The highest BCUT2D eigenvalue weighted by Gasteiger charge is 2.33. The van der Waals surface area contributed by atoms with Gasteiger partial charge in [-0.3, -0.25) is 4.57 Å². The van der Waals surface area contributed by atoms with Gasteiger partial charge in [0.1, 0.15) is 0 Å². The molecule has 7 nitrogen and oxygen atoms in total. The topological polar surface area (TPSA) is 79.4 Å². The first-order chi connectivity index (χ1) is 12.2. The van der Waals surface area contributed by atoms with Gasteiger partial charge in [0, 0.05) is 25.7 Å². The highest BCUT2D eigenvalue weighted by molar-refractivity contribution is 6.02. The monoisotopic (exact) mass is 344 g/mol. The van der Waals surface area contributed by atoms with Crippen molar-refractivity contribution in [1.29, 1.82) is 0 Å². The van der Waals surface area contributed by atoms with E-state index in [9.17, 15) is 9.59 Å². The van der Waals surface area contributed by atoms with E-state index in [1.165, 1.54) is 33.0 Å². The number of nitrogens with one attached hydrogen (secondary N) is 2. The van der Waals surface area contributed by atoms with Crippen molar-refractivity contribution in [2.24, 2.45) is 5.92 Å². The molecule has 7 heteroatoms. The SMILES string of the molecule is COC(=O)c1cccc2[nH]c(=O)n(CCN[C@H]3CN4CCC3CC4)c12. The number of imidazole rings is 1. The van der Waals surface area contributed by atoms with Gasteiger partial charge in [-0.05, 0) is 44.0 Å². The number of para-hydroxylation sites is 1. The van der Waals surface area contributed by atoms with E-state index in [4.69, 9.17) is 4.74 Å². The Bertz CT molecular complexity index is 832. The van der Waals surface area contributed by atoms with Crippen LogP contribution in [-0.4, -0.2) is 59.8 Å². The van der Waals surface area contributed by atoms with Crippen molar-refractivity contribution in [3.63, 3.8) is 0 Å². The summed E-state index contributed by atoms with van der Waals surface area (Å²) < 4.78 is 6.49. The molecule has 4 heterocycles. The molecule has 0 spiro atoms. The quantitative estimate of drug-likeness (QED) is 0.785. The Morgan fingerprint density at radius 3 is 2.84 bits per heavy atom. The van der Waals surface area contributed by atoms with Crippen LogP contribution in [0.4, 0.5) is 0 Å². The van der Waals surface area contributed by atoms with E-state index in [0.29, 0.717) is 35.7 Å². The fourth-order valence-electron chi connectivity index (χ4n) is 4.27. The van der Waals surface area contributed by atoms with Crippen molar-refractivity contribution in [3.8, 4) is 0 Å². The number of nitrogens with zero attached hydrogens (tertiary/aromatic N) is 2. The lowest BCUT2D eigenvalue weighted by atomic mass is 9.84. The minimum Gasteiger partial charge on any atom is -0.465 e. The zero-order valence-electron chi connectivity index (χ0n) is 14.5. The minimum absolute atomic E-state index is 0.193. The van der Waals surface area contributed by atoms with Crippen LogP contribution in [-0.2, 0) is 11.3 Å². The van der Waals surface area contributed by atoms with Gasteiger partial charge in [-0.1, -0.05) is 6.07 Å². The maximum Gasteiger partial charge on any atom is 0.340 e. The molecule has 2 aromatic rings. The Morgan fingerprint density at radius 1 is 1.36 bits per heavy atom. The van der Waals surface area contributed by atoms with E-state index in [1.54, 1.807) is 22.8 Å². The van der Waals surface area contributed by atoms with Crippen LogP contribution in [0, 0.1) is 5.92 Å². The van der Waals surface area contributed by atoms with Crippen LogP contribution >= 0.6 is 0 Å². The number of hydrogen-bond acceptors (Lipinski definition) is 5. The number of rotatable bonds is 5. The highest BCUT2D eigenvalue weighted by atomic mass is 16.5. The number of H-pyrrole nitrogens is 1. The van der Waals surface area contributed by atoms with Crippen LogP contribution in [0.1, 0.15) is 23.2 Å². The van der Waals surface area contributed by atoms with Crippen LogP contribution in [0.5, 0.6) is 0 Å². The molecular weight excluding hydrogens is 320 g/mol. The number of carbonyl (C=O) groups excluding carboxylic acids is 1. The van der Waals surface area contributed by atoms with Gasteiger partial charge in [-0.25, -0.2) is 9.59 Å². The number of aromatic amines is 1. The van der Waals surface area contributed by atoms with E-state index in [1.807, 2.05) is 0 Å². The number of ether oxygens (including phenoxy) is 1. The number of carbonyl (C=O) groups is 1. The minimum atomic E-state index is -0.427. The molecule has 1 atom stereocenters. The number of methoxy groups -OCH3 is 1. The van der Waals surface area contributed by atoms with E-state index in [0.717, 1.165) is 12.5 Å². The predicted molar refractivity (Wildman–Crippen MR) is 94.9 cm³/mol. The van der Waals surface area contributed by atoms with Gasteiger partial charge in [-0.2, -0.15) is 0 Å². The second-order valence-electron chi connectivity index (χ2n) is 6.97. The van der Waals surface area contributed by atoms with E-state index < -0.39 is 5.97 Å². The molecule has 3 fully saturated rings. The maximum absolute atomic E-state index is 12.3. The van der Waals surface area contributed by atoms with Crippen molar-refractivity contribution in [1.82, 2.24) is 19.8 Å². The zero-order valence-corrected chi connectivity index (χ0v) is 14.5. The van der Waals surface area contributed by atoms with Crippen molar-refractivity contribution >= 4 is 17.0 Å². The van der Waals surface area contributed by atoms with Gasteiger partial charge in [0.05, 0.1) is 23.7 Å². The summed E-state index contributed by atoms with van der Waals surface area (Å²) in [6.07, 6.45) is 2.52. The molecule has 1 aromatic heterocycles. The van der Waals surface area contributed by atoms with E-state index in [-0.39, 0.29) is 5.69 Å². The Kier molecular flexibility index (Phi) is 4.35. The fraction of sp³-hybridized carbons (Fsp3) is 0.556. The van der Waals surface area contributed by atoms with Gasteiger partial charge in [-0.15, -0.1) is 0 Å². The highest BCUT2D eigenvalue weighted by Crippen LogP contribution is 2.27. The molecule has 0 unspecified atom stereocenters. The number of esters is 1. The Morgan fingerprint density at radius 2 is 2.16 bits per heavy atom. The summed E-state index contributed by atoms with van der Waals surface area (Å²) in [5, 5.41) is 3.61. The molecule has 3 saturated heterocycles. The Balaban J connectivity index is 1.52. The van der Waals surface area contributed by atoms with Crippen molar-refractivity contribution in [2.75, 3.05) is 33.3 Å². The first kappa shape index (κ1) is 16.4. The van der Waals surface area contributed by atoms with Crippen LogP contribution in [0.2, 0.25) is 0 Å². The second-order valence-corrected chi connectivity index (χ2v) is 6.97. The van der Waals surface area contributed by atoms with Gasteiger partial charge < -0.3 is 19.9 Å². The lowest BCUT2D eigenvalue weighted by molar-refractivity contribution is 0.0602. The number of piperidine rings is 3. The third kappa shape index (κ3) is 2.98. The summed E-state index contributed by atoms with van der Waals surface area (Å²) in [5.41, 5.74) is 1.51.